The van der Waals surface area contributed by atoms with E-state index in [1.165, 1.54) is 11.1 Å². The first-order valence-electron chi connectivity index (χ1n) is 7.65. The molecular weight excluding hydrogens is 278 g/mol. The molecular formula is C17H21N3O2. The zero-order chi connectivity index (χ0) is 15.7. The number of nitrogens with zero attached hydrogens (tertiary/aromatic N) is 2. The summed E-state index contributed by atoms with van der Waals surface area (Å²) in [4.78, 5) is 13.2. The molecule has 116 valence electrons. The van der Waals surface area contributed by atoms with E-state index in [1.807, 2.05) is 6.07 Å². The molecule has 2 heterocycles. The fourth-order valence-corrected chi connectivity index (χ4v) is 3.02. The second-order valence-electron chi connectivity index (χ2n) is 6.08. The Morgan fingerprint density at radius 1 is 1.36 bits per heavy atom. The Hall–Kier alpha value is -2.30. The number of piperidine rings is 1. The van der Waals surface area contributed by atoms with Gasteiger partial charge in [-0.25, -0.2) is 0 Å². The number of carbonyl (C=O) groups is 1. The van der Waals surface area contributed by atoms with Gasteiger partial charge in [0.05, 0.1) is 11.6 Å². The van der Waals surface area contributed by atoms with E-state index < -0.39 is 5.97 Å². The first kappa shape index (κ1) is 14.6. The van der Waals surface area contributed by atoms with Crippen molar-refractivity contribution >= 4 is 11.8 Å². The van der Waals surface area contributed by atoms with Crippen LogP contribution in [-0.2, 0) is 4.79 Å². The van der Waals surface area contributed by atoms with Crippen molar-refractivity contribution in [1.29, 1.82) is 0 Å². The lowest BCUT2D eigenvalue weighted by Gasteiger charge is -2.30. The Kier molecular flexibility index (Phi) is 3.88. The lowest BCUT2D eigenvalue weighted by Crippen LogP contribution is -2.38. The van der Waals surface area contributed by atoms with E-state index >= 15 is 0 Å². The molecule has 1 aliphatic rings. The molecule has 0 spiro atoms. The predicted molar refractivity (Wildman–Crippen MR) is 86.1 cm³/mol. The van der Waals surface area contributed by atoms with Crippen LogP contribution in [0.3, 0.4) is 0 Å². The molecule has 3 rings (SSSR count). The minimum Gasteiger partial charge on any atom is -0.481 e. The van der Waals surface area contributed by atoms with Crippen molar-refractivity contribution in [2.24, 2.45) is 5.92 Å². The average molecular weight is 299 g/mol. The highest BCUT2D eigenvalue weighted by molar-refractivity contribution is 5.72. The molecule has 1 aromatic heterocycles. The average Bonchev–Trinajstić information content (AvgIpc) is 2.99. The summed E-state index contributed by atoms with van der Waals surface area (Å²) in [7, 11) is 0. The molecule has 1 aliphatic heterocycles. The number of carboxylic acid groups (broad SMARTS) is 1. The highest BCUT2D eigenvalue weighted by atomic mass is 16.4. The highest BCUT2D eigenvalue weighted by Gasteiger charge is 2.26. The van der Waals surface area contributed by atoms with Gasteiger partial charge in [0.2, 0.25) is 0 Å². The van der Waals surface area contributed by atoms with Crippen LogP contribution in [0.15, 0.2) is 24.3 Å². The molecule has 22 heavy (non-hydrogen) atoms. The van der Waals surface area contributed by atoms with Crippen LogP contribution >= 0.6 is 0 Å². The van der Waals surface area contributed by atoms with Gasteiger partial charge in [-0.3, -0.25) is 9.89 Å². The molecule has 1 aromatic carbocycles. The van der Waals surface area contributed by atoms with E-state index in [9.17, 15) is 9.90 Å². The number of hydrogen-bond donors (Lipinski definition) is 2. The number of rotatable bonds is 3. The number of aromatic nitrogens is 2. The van der Waals surface area contributed by atoms with Gasteiger partial charge in [0.15, 0.2) is 5.82 Å². The molecule has 1 atom stereocenters. The van der Waals surface area contributed by atoms with Crippen LogP contribution in [0.4, 0.5) is 5.82 Å². The maximum absolute atomic E-state index is 11.2. The molecule has 2 aromatic rings. The number of benzene rings is 1. The van der Waals surface area contributed by atoms with Crippen molar-refractivity contribution in [3.8, 4) is 11.3 Å². The van der Waals surface area contributed by atoms with E-state index in [-0.39, 0.29) is 5.92 Å². The number of anilines is 1. The normalized spacial score (nSPS) is 18.5. The van der Waals surface area contributed by atoms with E-state index in [2.05, 4.69) is 47.1 Å². The third-order valence-corrected chi connectivity index (χ3v) is 4.34. The standard InChI is InChI=1S/C17H21N3O2/c1-11-5-6-12(2)14(8-11)15-9-16(19-18-15)20-7-3-4-13(10-20)17(21)22/h5-6,8-9,13H,3-4,7,10H2,1-2H3,(H,18,19)(H,21,22). The number of aryl methyl sites for hydroxylation is 2. The van der Waals surface area contributed by atoms with Crippen molar-refractivity contribution in [3.05, 3.63) is 35.4 Å². The number of aromatic amines is 1. The minimum absolute atomic E-state index is 0.297. The summed E-state index contributed by atoms with van der Waals surface area (Å²) in [6.45, 7) is 5.55. The molecule has 0 aliphatic carbocycles. The molecule has 0 radical (unpaired) electrons. The van der Waals surface area contributed by atoms with Gasteiger partial charge in [0.25, 0.3) is 0 Å². The van der Waals surface area contributed by atoms with Crippen LogP contribution in [0.5, 0.6) is 0 Å². The number of H-pyrrole nitrogens is 1. The molecule has 0 amide bonds. The molecule has 0 bridgehead atoms. The molecule has 1 saturated heterocycles. The summed E-state index contributed by atoms with van der Waals surface area (Å²) >= 11 is 0. The lowest BCUT2D eigenvalue weighted by molar-refractivity contribution is -0.141. The second kappa shape index (κ2) is 5.83. The Labute approximate surface area is 130 Å². The maximum Gasteiger partial charge on any atom is 0.308 e. The van der Waals surface area contributed by atoms with Gasteiger partial charge in [0, 0.05) is 24.7 Å². The van der Waals surface area contributed by atoms with Gasteiger partial charge in [-0.1, -0.05) is 17.7 Å². The van der Waals surface area contributed by atoms with Crippen molar-refractivity contribution in [1.82, 2.24) is 10.2 Å². The van der Waals surface area contributed by atoms with E-state index in [4.69, 9.17) is 0 Å². The van der Waals surface area contributed by atoms with E-state index in [0.29, 0.717) is 6.54 Å². The summed E-state index contributed by atoms with van der Waals surface area (Å²) in [5, 5.41) is 16.7. The maximum atomic E-state index is 11.2. The largest absolute Gasteiger partial charge is 0.481 e. The van der Waals surface area contributed by atoms with E-state index in [1.54, 1.807) is 0 Å². The van der Waals surface area contributed by atoms with Crippen LogP contribution in [0, 0.1) is 19.8 Å². The van der Waals surface area contributed by atoms with Crippen LogP contribution in [-0.4, -0.2) is 34.4 Å². The first-order valence-corrected chi connectivity index (χ1v) is 7.65. The molecule has 0 saturated carbocycles. The summed E-state index contributed by atoms with van der Waals surface area (Å²) in [5.41, 5.74) is 4.53. The van der Waals surface area contributed by atoms with Gasteiger partial charge in [-0.05, 0) is 38.3 Å². The number of hydrogen-bond acceptors (Lipinski definition) is 3. The van der Waals surface area contributed by atoms with Crippen molar-refractivity contribution in [2.45, 2.75) is 26.7 Å². The molecule has 5 heteroatoms. The lowest BCUT2D eigenvalue weighted by atomic mass is 9.98. The smallest absolute Gasteiger partial charge is 0.308 e. The summed E-state index contributed by atoms with van der Waals surface area (Å²) in [5.74, 6) is -0.175. The zero-order valence-electron chi connectivity index (χ0n) is 13.0. The van der Waals surface area contributed by atoms with Crippen LogP contribution in [0.25, 0.3) is 11.3 Å². The van der Waals surface area contributed by atoms with Gasteiger partial charge >= 0.3 is 5.97 Å². The molecule has 1 fully saturated rings. The zero-order valence-corrected chi connectivity index (χ0v) is 13.0. The predicted octanol–water partition coefficient (Wildman–Crippen LogP) is 2.99. The van der Waals surface area contributed by atoms with Crippen LogP contribution < -0.4 is 4.90 Å². The topological polar surface area (TPSA) is 69.2 Å². The van der Waals surface area contributed by atoms with Crippen molar-refractivity contribution < 1.29 is 9.90 Å². The molecule has 2 N–H and O–H groups in total. The minimum atomic E-state index is -0.713. The molecule has 1 unspecified atom stereocenters. The number of carboxylic acids is 1. The first-order chi connectivity index (χ1) is 10.5. The van der Waals surface area contributed by atoms with Gasteiger partial charge < -0.3 is 10.0 Å². The quantitative estimate of drug-likeness (QED) is 0.914. The summed E-state index contributed by atoms with van der Waals surface area (Å²) in [6, 6.07) is 8.36. The second-order valence-corrected chi connectivity index (χ2v) is 6.08. The Balaban J connectivity index is 1.84. The third kappa shape index (κ3) is 2.84. The number of aliphatic carboxylic acids is 1. The monoisotopic (exact) mass is 299 g/mol. The van der Waals surface area contributed by atoms with Crippen molar-refractivity contribution in [3.63, 3.8) is 0 Å². The molecule has 5 nitrogen and oxygen atoms in total. The van der Waals surface area contributed by atoms with Crippen LogP contribution in [0.1, 0.15) is 24.0 Å². The van der Waals surface area contributed by atoms with Gasteiger partial charge in [-0.15, -0.1) is 0 Å². The Morgan fingerprint density at radius 3 is 2.95 bits per heavy atom. The third-order valence-electron chi connectivity index (χ3n) is 4.34. The fourth-order valence-electron chi connectivity index (χ4n) is 3.02. The van der Waals surface area contributed by atoms with Gasteiger partial charge in [0.1, 0.15) is 0 Å². The summed E-state index contributed by atoms with van der Waals surface area (Å²) < 4.78 is 0. The number of nitrogens with one attached hydrogen (secondary N) is 1. The van der Waals surface area contributed by atoms with E-state index in [0.717, 1.165) is 36.5 Å². The SMILES string of the molecule is Cc1ccc(C)c(-c2cc(N3CCCC(C(=O)O)C3)n[nH]2)c1. The Morgan fingerprint density at radius 2 is 2.18 bits per heavy atom. The Bertz CT molecular complexity index is 693. The summed E-state index contributed by atoms with van der Waals surface area (Å²) in [6.07, 6.45) is 1.64. The highest BCUT2D eigenvalue weighted by Crippen LogP contribution is 2.28. The van der Waals surface area contributed by atoms with Crippen molar-refractivity contribution in [2.75, 3.05) is 18.0 Å². The fraction of sp³-hybridized carbons (Fsp3) is 0.412. The van der Waals surface area contributed by atoms with Crippen LogP contribution in [0.2, 0.25) is 0 Å². The van der Waals surface area contributed by atoms with Gasteiger partial charge in [-0.2, -0.15) is 5.10 Å².